The molecule has 6 aromatic rings. The molecule has 0 spiro atoms. The zero-order valence-electron chi connectivity index (χ0n) is 22.3. The van der Waals surface area contributed by atoms with Gasteiger partial charge in [0.1, 0.15) is 11.5 Å². The van der Waals surface area contributed by atoms with Gasteiger partial charge in [-0.25, -0.2) is 4.57 Å². The zero-order chi connectivity index (χ0) is 28.1. The van der Waals surface area contributed by atoms with Crippen molar-refractivity contribution in [2.45, 2.75) is 9.79 Å². The van der Waals surface area contributed by atoms with Gasteiger partial charge in [0.25, 0.3) is 0 Å². The van der Waals surface area contributed by atoms with Crippen LogP contribution in [0, 0.1) is 0 Å². The maximum atomic E-state index is 13.7. The van der Waals surface area contributed by atoms with E-state index in [0.717, 1.165) is 64.7 Å². The van der Waals surface area contributed by atoms with Crippen molar-refractivity contribution in [1.82, 2.24) is 0 Å². The normalized spacial score (nSPS) is 13.6. The highest BCUT2D eigenvalue weighted by Crippen LogP contribution is 2.61. The van der Waals surface area contributed by atoms with E-state index in [1.54, 1.807) is 23.5 Å². The topological polar surface area (TPSA) is 55.8 Å². The van der Waals surface area contributed by atoms with E-state index in [2.05, 4.69) is 12.1 Å². The largest absolute Gasteiger partial charge is 0.584 e. The summed E-state index contributed by atoms with van der Waals surface area (Å²) in [7, 11) is -4.58. The number of fused-ring (bicyclic) bond motifs is 7. The Balaban J connectivity index is 1.64. The molecule has 0 saturated carbocycles. The van der Waals surface area contributed by atoms with Crippen molar-refractivity contribution < 1.29 is 18.5 Å². The number of phosphoric ester groups is 1. The molecule has 0 atom stereocenters. The summed E-state index contributed by atoms with van der Waals surface area (Å²) in [6.45, 7) is 0. The van der Waals surface area contributed by atoms with E-state index >= 15 is 0 Å². The molecule has 0 aromatic heterocycles. The van der Waals surface area contributed by atoms with Crippen LogP contribution in [0.3, 0.4) is 0 Å². The van der Waals surface area contributed by atoms with Crippen LogP contribution in [0.15, 0.2) is 119 Å². The Kier molecular flexibility index (Phi) is 6.60. The molecule has 1 aliphatic heterocycles. The van der Waals surface area contributed by atoms with Crippen molar-refractivity contribution >= 4 is 52.9 Å². The lowest BCUT2D eigenvalue weighted by Gasteiger charge is -2.18. The predicted octanol–water partition coefficient (Wildman–Crippen LogP) is 10.3. The molecule has 0 fully saturated rings. The second kappa shape index (κ2) is 10.3. The van der Waals surface area contributed by atoms with Gasteiger partial charge in [-0.2, -0.15) is 0 Å². The molecule has 0 unspecified atom stereocenters. The molecule has 1 N–H and O–H groups in total. The molecular formula is C34H25O4PS2. The molecule has 0 aliphatic carbocycles. The quantitative estimate of drug-likeness (QED) is 0.162. The highest BCUT2D eigenvalue weighted by Gasteiger charge is 2.37. The van der Waals surface area contributed by atoms with Crippen LogP contribution in [0.4, 0.5) is 0 Å². The SMILES string of the molecule is CSc1ccc(-c2cc3ccccc3c3c2OP(=O)(O)Oc2c(-c4ccc(SC)cc4)cc4ccccc4c2-3)cc1. The summed E-state index contributed by atoms with van der Waals surface area (Å²) in [6, 6.07) is 36.5. The summed E-state index contributed by atoms with van der Waals surface area (Å²) in [4.78, 5) is 13.5. The second-order valence-corrected chi connectivity index (χ2v) is 12.9. The van der Waals surface area contributed by atoms with Crippen LogP contribution in [0.25, 0.3) is 54.9 Å². The van der Waals surface area contributed by atoms with Crippen LogP contribution in [0.1, 0.15) is 0 Å². The monoisotopic (exact) mass is 592 g/mol. The fourth-order valence-electron chi connectivity index (χ4n) is 5.56. The summed E-state index contributed by atoms with van der Waals surface area (Å²) in [6.07, 6.45) is 4.07. The van der Waals surface area contributed by atoms with Gasteiger partial charge in [-0.1, -0.05) is 72.8 Å². The second-order valence-electron chi connectivity index (χ2n) is 9.81. The van der Waals surface area contributed by atoms with Gasteiger partial charge >= 0.3 is 7.82 Å². The van der Waals surface area contributed by atoms with E-state index < -0.39 is 7.82 Å². The smallest absolute Gasteiger partial charge is 0.394 e. The highest BCUT2D eigenvalue weighted by atomic mass is 32.2. The first-order chi connectivity index (χ1) is 20.0. The third kappa shape index (κ3) is 4.61. The van der Waals surface area contributed by atoms with Gasteiger partial charge in [0.05, 0.1) is 0 Å². The minimum atomic E-state index is -4.58. The Bertz CT molecular complexity index is 1860. The number of rotatable bonds is 4. The number of hydrogen-bond acceptors (Lipinski definition) is 5. The van der Waals surface area contributed by atoms with Gasteiger partial charge in [-0.15, -0.1) is 23.5 Å². The van der Waals surface area contributed by atoms with Gasteiger partial charge < -0.3 is 9.05 Å². The van der Waals surface area contributed by atoms with Crippen LogP contribution < -0.4 is 9.05 Å². The fraction of sp³-hybridized carbons (Fsp3) is 0.0588. The molecule has 0 bridgehead atoms. The third-order valence-corrected chi connectivity index (χ3v) is 9.78. The molecule has 41 heavy (non-hydrogen) atoms. The first-order valence-electron chi connectivity index (χ1n) is 13.1. The molecule has 1 aliphatic rings. The van der Waals surface area contributed by atoms with Crippen LogP contribution in [0.5, 0.6) is 11.5 Å². The van der Waals surface area contributed by atoms with Crippen LogP contribution in [0.2, 0.25) is 0 Å². The molecule has 1 heterocycles. The number of phosphoric acid groups is 1. The minimum absolute atomic E-state index is 0.338. The maximum Gasteiger partial charge on any atom is 0.584 e. The third-order valence-electron chi connectivity index (χ3n) is 7.47. The van der Waals surface area contributed by atoms with E-state index in [4.69, 9.17) is 9.05 Å². The summed E-state index contributed by atoms with van der Waals surface area (Å²) in [5, 5.41) is 3.83. The fourth-order valence-corrected chi connectivity index (χ4v) is 7.26. The van der Waals surface area contributed by atoms with Crippen molar-refractivity contribution in [3.63, 3.8) is 0 Å². The van der Waals surface area contributed by atoms with E-state index in [-0.39, 0.29) is 0 Å². The van der Waals surface area contributed by atoms with Gasteiger partial charge in [0.2, 0.25) is 0 Å². The lowest BCUT2D eigenvalue weighted by Crippen LogP contribution is -2.00. The van der Waals surface area contributed by atoms with E-state index in [9.17, 15) is 9.46 Å². The van der Waals surface area contributed by atoms with E-state index in [0.29, 0.717) is 11.5 Å². The highest BCUT2D eigenvalue weighted by molar-refractivity contribution is 7.98. The van der Waals surface area contributed by atoms with Crippen LogP contribution >= 0.6 is 31.3 Å². The zero-order valence-corrected chi connectivity index (χ0v) is 24.9. The molecule has 0 amide bonds. The van der Waals surface area contributed by atoms with Gasteiger partial charge in [-0.3, -0.25) is 4.89 Å². The maximum absolute atomic E-state index is 13.7. The van der Waals surface area contributed by atoms with Gasteiger partial charge in [-0.05, 0) is 81.6 Å². The van der Waals surface area contributed by atoms with Crippen molar-refractivity contribution in [3.05, 3.63) is 109 Å². The summed E-state index contributed by atoms with van der Waals surface area (Å²) in [5.74, 6) is 0.676. The van der Waals surface area contributed by atoms with E-state index in [1.165, 1.54) is 0 Å². The molecular weight excluding hydrogens is 567 g/mol. The van der Waals surface area contributed by atoms with Crippen molar-refractivity contribution in [1.29, 1.82) is 0 Å². The Morgan fingerprint density at radius 2 is 0.976 bits per heavy atom. The average molecular weight is 593 g/mol. The Labute approximate surface area is 247 Å². The number of benzene rings is 6. The Hall–Kier alpha value is -3.67. The van der Waals surface area contributed by atoms with Gasteiger partial charge in [0.15, 0.2) is 0 Å². The van der Waals surface area contributed by atoms with Crippen molar-refractivity contribution in [2.24, 2.45) is 0 Å². The summed E-state index contributed by atoms with van der Waals surface area (Å²) < 4.78 is 25.8. The molecule has 6 aromatic carbocycles. The Morgan fingerprint density at radius 1 is 0.585 bits per heavy atom. The summed E-state index contributed by atoms with van der Waals surface area (Å²) >= 11 is 3.33. The minimum Gasteiger partial charge on any atom is -0.394 e. The molecule has 0 saturated heterocycles. The van der Waals surface area contributed by atoms with Crippen molar-refractivity contribution in [3.8, 4) is 44.9 Å². The lowest BCUT2D eigenvalue weighted by molar-refractivity contribution is 0.295. The molecule has 7 heteroatoms. The lowest BCUT2D eigenvalue weighted by atomic mass is 9.86. The number of hydrogen-bond donors (Lipinski definition) is 1. The van der Waals surface area contributed by atoms with E-state index in [1.807, 2.05) is 110 Å². The average Bonchev–Trinajstić information content (AvgIpc) is 3.13. The Morgan fingerprint density at radius 3 is 1.37 bits per heavy atom. The van der Waals surface area contributed by atoms with Crippen LogP contribution in [-0.2, 0) is 4.57 Å². The van der Waals surface area contributed by atoms with Crippen LogP contribution in [-0.4, -0.2) is 17.4 Å². The molecule has 0 radical (unpaired) electrons. The molecule has 202 valence electrons. The standard InChI is InChI=1S/C34H25O4PS2/c1-40-25-15-11-21(12-16-25)29-19-23-7-3-5-9-27(23)31-32-28-10-6-4-8-24(28)20-30(22-13-17-26(41-2)18-14-22)34(32)38-39(35,36)37-33(29)31/h3-20H,1-2H3,(H,35,36). The molecule has 4 nitrogen and oxygen atoms in total. The van der Waals surface area contributed by atoms with Gasteiger partial charge in [0, 0.05) is 32.0 Å². The van der Waals surface area contributed by atoms with Crippen molar-refractivity contribution in [2.75, 3.05) is 12.5 Å². The predicted molar refractivity (Wildman–Crippen MR) is 172 cm³/mol. The summed E-state index contributed by atoms with van der Waals surface area (Å²) in [5.41, 5.74) is 4.73. The first-order valence-corrected chi connectivity index (χ1v) is 17.0. The molecule has 7 rings (SSSR count). The first kappa shape index (κ1) is 26.2. The number of thioether (sulfide) groups is 2.